The van der Waals surface area contributed by atoms with Crippen LogP contribution in [0.2, 0.25) is 0 Å². The molecular weight excluding hydrogens is 358 g/mol. The molecule has 136 valence electrons. The third-order valence-electron chi connectivity index (χ3n) is 4.26. The van der Waals surface area contributed by atoms with E-state index >= 15 is 0 Å². The zero-order valence-corrected chi connectivity index (χ0v) is 14.4. The molecule has 0 unspecified atom stereocenters. The van der Waals surface area contributed by atoms with Crippen molar-refractivity contribution in [2.75, 3.05) is 6.61 Å². The zero-order chi connectivity index (χ0) is 18.7. The van der Waals surface area contributed by atoms with Crippen LogP contribution in [-0.4, -0.2) is 43.3 Å². The maximum Gasteiger partial charge on any atom is 0.330 e. The zero-order valence-electron chi connectivity index (χ0n) is 13.6. The second kappa shape index (κ2) is 7.47. The first-order valence-corrected chi connectivity index (χ1v) is 8.70. The van der Waals surface area contributed by atoms with Crippen LogP contribution in [-0.2, 0) is 4.74 Å². The van der Waals surface area contributed by atoms with E-state index in [4.69, 9.17) is 4.74 Å². The van der Waals surface area contributed by atoms with Crippen LogP contribution in [0, 0.1) is 11.3 Å². The molecule has 0 spiro atoms. The Hall–Kier alpha value is -2.38. The lowest BCUT2D eigenvalue weighted by molar-refractivity contribution is -0.0470. The Morgan fingerprint density at radius 3 is 2.65 bits per heavy atom. The Kier molecular flexibility index (Phi) is 5.29. The van der Waals surface area contributed by atoms with Crippen molar-refractivity contribution < 1.29 is 14.9 Å². The van der Waals surface area contributed by atoms with Crippen LogP contribution in [0.4, 0.5) is 0 Å². The van der Waals surface area contributed by atoms with E-state index in [1.807, 2.05) is 36.4 Å². The van der Waals surface area contributed by atoms with Gasteiger partial charge in [-0.05, 0) is 12.1 Å². The molecule has 1 aliphatic rings. The molecule has 8 nitrogen and oxygen atoms in total. The number of aliphatic hydroxyl groups excluding tert-OH is 2. The number of thioether (sulfide) groups is 1. The number of aliphatic hydroxyl groups is 2. The number of hydrogen-bond donors (Lipinski definition) is 3. The first kappa shape index (κ1) is 18.4. The van der Waals surface area contributed by atoms with Crippen molar-refractivity contribution in [2.45, 2.75) is 34.5 Å². The lowest BCUT2D eigenvalue weighted by atomic mass is 9.95. The van der Waals surface area contributed by atoms with Crippen molar-refractivity contribution in [1.29, 1.82) is 5.26 Å². The predicted molar refractivity (Wildman–Crippen MR) is 93.6 cm³/mol. The van der Waals surface area contributed by atoms with E-state index in [0.29, 0.717) is 0 Å². The Morgan fingerprint density at radius 2 is 2.04 bits per heavy atom. The molecule has 3 rings (SSSR count). The van der Waals surface area contributed by atoms with Crippen molar-refractivity contribution in [1.82, 2.24) is 9.55 Å². The number of nitrogens with zero attached hydrogens (tertiary/aromatic N) is 2. The highest BCUT2D eigenvalue weighted by Crippen LogP contribution is 2.52. The summed E-state index contributed by atoms with van der Waals surface area (Å²) < 4.78 is 5.63. The molecule has 1 aromatic heterocycles. The molecule has 0 bridgehead atoms. The molecule has 26 heavy (non-hydrogen) atoms. The monoisotopic (exact) mass is 375 g/mol. The van der Waals surface area contributed by atoms with Crippen LogP contribution in [0.5, 0.6) is 0 Å². The minimum atomic E-state index is -1.24. The van der Waals surface area contributed by atoms with Crippen LogP contribution in [0.1, 0.15) is 12.6 Å². The maximum absolute atomic E-state index is 12.3. The SMILES string of the molecule is N#CC[C@@]1(Sc2ccccc2)[C@H](O)[C@@H](CO)O[C@H]1n1ccc(=O)[nH]c1=O. The molecule has 0 radical (unpaired) electrons. The molecule has 1 aliphatic heterocycles. The van der Waals surface area contributed by atoms with E-state index in [1.165, 1.54) is 18.0 Å². The van der Waals surface area contributed by atoms with Crippen molar-refractivity contribution in [3.8, 4) is 6.07 Å². The normalized spacial score (nSPS) is 28.0. The van der Waals surface area contributed by atoms with E-state index in [0.717, 1.165) is 15.5 Å². The van der Waals surface area contributed by atoms with Crippen LogP contribution in [0.15, 0.2) is 57.1 Å². The summed E-state index contributed by atoms with van der Waals surface area (Å²) >= 11 is 1.21. The van der Waals surface area contributed by atoms with Gasteiger partial charge in [0.1, 0.15) is 17.0 Å². The number of aromatic amines is 1. The summed E-state index contributed by atoms with van der Waals surface area (Å²) in [5.74, 6) is 0. The van der Waals surface area contributed by atoms with Gasteiger partial charge in [0, 0.05) is 17.2 Å². The first-order valence-electron chi connectivity index (χ1n) is 7.88. The number of hydrogen-bond acceptors (Lipinski definition) is 7. The van der Waals surface area contributed by atoms with Gasteiger partial charge in [0.25, 0.3) is 5.56 Å². The molecule has 0 saturated carbocycles. The van der Waals surface area contributed by atoms with E-state index < -0.39 is 41.0 Å². The fourth-order valence-electron chi connectivity index (χ4n) is 3.04. The fraction of sp³-hybridized carbons (Fsp3) is 0.353. The second-order valence-corrected chi connectivity index (χ2v) is 7.31. The van der Waals surface area contributed by atoms with E-state index in [1.54, 1.807) is 0 Å². The third kappa shape index (κ3) is 3.20. The summed E-state index contributed by atoms with van der Waals surface area (Å²) in [4.78, 5) is 26.5. The molecule has 2 aromatic rings. The van der Waals surface area contributed by atoms with E-state index in [-0.39, 0.29) is 6.42 Å². The van der Waals surface area contributed by atoms with Gasteiger partial charge in [-0.3, -0.25) is 14.3 Å². The molecule has 1 saturated heterocycles. The standard InChI is InChI=1S/C17H17N3O5S/c18-8-7-17(26-11-4-2-1-3-5-11)14(23)12(10-21)25-15(17)20-9-6-13(22)19-16(20)24/h1-6,9,12,14-15,21,23H,7,10H2,(H,19,22,24)/t12-,14-,15-,17-/m1/s1. The van der Waals surface area contributed by atoms with Gasteiger partial charge in [-0.15, -0.1) is 11.8 Å². The summed E-state index contributed by atoms with van der Waals surface area (Å²) in [5, 5.41) is 29.8. The average Bonchev–Trinajstić information content (AvgIpc) is 2.89. The van der Waals surface area contributed by atoms with Crippen molar-refractivity contribution in [2.24, 2.45) is 0 Å². The van der Waals surface area contributed by atoms with Crippen LogP contribution in [0.3, 0.4) is 0 Å². The Labute approximate surface area is 152 Å². The largest absolute Gasteiger partial charge is 0.394 e. The predicted octanol–water partition coefficient (Wildman–Crippen LogP) is 0.232. The van der Waals surface area contributed by atoms with Crippen LogP contribution < -0.4 is 11.2 Å². The summed E-state index contributed by atoms with van der Waals surface area (Å²) in [6, 6.07) is 12.3. The van der Waals surface area contributed by atoms with Crippen molar-refractivity contribution in [3.63, 3.8) is 0 Å². The molecule has 0 amide bonds. The van der Waals surface area contributed by atoms with Gasteiger partial charge < -0.3 is 14.9 Å². The highest BCUT2D eigenvalue weighted by molar-refractivity contribution is 8.00. The smallest absolute Gasteiger partial charge is 0.330 e. The molecule has 9 heteroatoms. The first-order chi connectivity index (χ1) is 12.5. The lowest BCUT2D eigenvalue weighted by Crippen LogP contribution is -2.46. The number of aromatic nitrogens is 2. The van der Waals surface area contributed by atoms with Gasteiger partial charge in [0.2, 0.25) is 0 Å². The fourth-order valence-corrected chi connectivity index (χ4v) is 4.45. The van der Waals surface area contributed by atoms with Gasteiger partial charge in [0.05, 0.1) is 19.1 Å². The lowest BCUT2D eigenvalue weighted by Gasteiger charge is -2.34. The Bertz CT molecular complexity index is 922. The number of nitrogens with one attached hydrogen (secondary N) is 1. The Morgan fingerprint density at radius 1 is 1.31 bits per heavy atom. The van der Waals surface area contributed by atoms with Gasteiger partial charge in [-0.1, -0.05) is 18.2 Å². The van der Waals surface area contributed by atoms with Gasteiger partial charge in [0.15, 0.2) is 6.23 Å². The number of nitriles is 1. The summed E-state index contributed by atoms with van der Waals surface area (Å²) in [6.45, 7) is -0.474. The third-order valence-corrected chi connectivity index (χ3v) is 5.74. The van der Waals surface area contributed by atoms with Crippen molar-refractivity contribution in [3.05, 3.63) is 63.4 Å². The quantitative estimate of drug-likeness (QED) is 0.682. The van der Waals surface area contributed by atoms with Crippen molar-refractivity contribution >= 4 is 11.8 Å². The molecular formula is C17H17N3O5S. The van der Waals surface area contributed by atoms with E-state index in [9.17, 15) is 25.1 Å². The van der Waals surface area contributed by atoms with E-state index in [2.05, 4.69) is 4.98 Å². The highest BCUT2D eigenvalue weighted by atomic mass is 32.2. The molecule has 1 aromatic carbocycles. The van der Waals surface area contributed by atoms with Crippen LogP contribution >= 0.6 is 11.8 Å². The molecule has 2 heterocycles. The number of rotatable bonds is 5. The van der Waals surface area contributed by atoms with Gasteiger partial charge in [-0.25, -0.2) is 4.79 Å². The second-order valence-electron chi connectivity index (χ2n) is 5.88. The average molecular weight is 375 g/mol. The summed E-state index contributed by atoms with van der Waals surface area (Å²) in [6.07, 6.45) is -2.11. The molecule has 0 aliphatic carbocycles. The summed E-state index contributed by atoms with van der Waals surface area (Å²) in [7, 11) is 0. The Balaban J connectivity index is 2.13. The number of benzene rings is 1. The van der Waals surface area contributed by atoms with Crippen LogP contribution in [0.25, 0.3) is 0 Å². The number of H-pyrrole nitrogens is 1. The molecule has 1 fully saturated rings. The number of ether oxygens (including phenoxy) is 1. The van der Waals surface area contributed by atoms with Gasteiger partial charge in [-0.2, -0.15) is 5.26 Å². The maximum atomic E-state index is 12.3. The minimum Gasteiger partial charge on any atom is -0.394 e. The summed E-state index contributed by atoms with van der Waals surface area (Å²) in [5.41, 5.74) is -1.28. The van der Waals surface area contributed by atoms with Gasteiger partial charge >= 0.3 is 5.69 Å². The molecule has 4 atom stereocenters. The highest BCUT2D eigenvalue weighted by Gasteiger charge is 2.58. The molecule has 3 N–H and O–H groups in total. The minimum absolute atomic E-state index is 0.138. The topological polar surface area (TPSA) is 128 Å².